The Kier molecular flexibility index (Phi) is 3.30. The van der Waals surface area contributed by atoms with Gasteiger partial charge in [-0.1, -0.05) is 0 Å². The van der Waals surface area contributed by atoms with E-state index in [0.29, 0.717) is 35.6 Å². The Morgan fingerprint density at radius 3 is 2.62 bits per heavy atom. The standard InChI is InChI=1S/C18H12FNO4/c19-12-1-2-15(21)13(7-12)18(22)11-5-10-6-16-17(24-4-3-23-16)8-14(10)20-9-11/h1-2,5-9,21H,3-4H2. The fourth-order valence-corrected chi connectivity index (χ4v) is 2.63. The fraction of sp³-hybridized carbons (Fsp3) is 0.111. The summed E-state index contributed by atoms with van der Waals surface area (Å²) in [6.07, 6.45) is 1.39. The first-order chi connectivity index (χ1) is 11.6. The predicted octanol–water partition coefficient (Wildman–Crippen LogP) is 3.08. The zero-order valence-corrected chi connectivity index (χ0v) is 12.5. The lowest BCUT2D eigenvalue weighted by molar-refractivity contribution is 0.103. The van der Waals surface area contributed by atoms with Crippen LogP contribution in [0.4, 0.5) is 4.39 Å². The first-order valence-electron chi connectivity index (χ1n) is 7.34. The van der Waals surface area contributed by atoms with Crippen LogP contribution in [-0.2, 0) is 0 Å². The smallest absolute Gasteiger partial charge is 0.198 e. The average Bonchev–Trinajstić information content (AvgIpc) is 2.61. The molecule has 0 amide bonds. The van der Waals surface area contributed by atoms with E-state index in [9.17, 15) is 14.3 Å². The average molecular weight is 325 g/mol. The number of fused-ring (bicyclic) bond motifs is 2. The van der Waals surface area contributed by atoms with Gasteiger partial charge in [-0.15, -0.1) is 0 Å². The molecule has 1 N–H and O–H groups in total. The van der Waals surface area contributed by atoms with Crippen molar-refractivity contribution in [3.63, 3.8) is 0 Å². The van der Waals surface area contributed by atoms with E-state index in [2.05, 4.69) is 4.98 Å². The summed E-state index contributed by atoms with van der Waals surface area (Å²) in [5, 5.41) is 10.5. The Balaban J connectivity index is 1.79. The summed E-state index contributed by atoms with van der Waals surface area (Å²) in [5.74, 6) is -0.165. The van der Waals surface area contributed by atoms with Crippen LogP contribution in [-0.4, -0.2) is 29.1 Å². The lowest BCUT2D eigenvalue weighted by Crippen LogP contribution is -2.15. The normalized spacial score (nSPS) is 13.0. The number of carbonyl (C=O) groups excluding carboxylic acids is 1. The van der Waals surface area contributed by atoms with Gasteiger partial charge in [0.1, 0.15) is 24.8 Å². The molecule has 3 aromatic rings. The summed E-state index contributed by atoms with van der Waals surface area (Å²) in [5.41, 5.74) is 0.799. The van der Waals surface area contributed by atoms with Gasteiger partial charge in [0, 0.05) is 23.2 Å². The van der Waals surface area contributed by atoms with Crippen molar-refractivity contribution in [2.75, 3.05) is 13.2 Å². The third-order valence-corrected chi connectivity index (χ3v) is 3.81. The molecule has 0 unspecified atom stereocenters. The molecule has 120 valence electrons. The van der Waals surface area contributed by atoms with Crippen molar-refractivity contribution in [3.8, 4) is 17.2 Å². The van der Waals surface area contributed by atoms with E-state index in [1.165, 1.54) is 6.20 Å². The molecule has 0 saturated heterocycles. The van der Waals surface area contributed by atoms with Crippen LogP contribution in [0, 0.1) is 5.82 Å². The second kappa shape index (κ2) is 5.49. The molecule has 1 aliphatic rings. The number of aromatic nitrogens is 1. The number of halogens is 1. The van der Waals surface area contributed by atoms with Gasteiger partial charge in [0.2, 0.25) is 0 Å². The number of aromatic hydroxyl groups is 1. The van der Waals surface area contributed by atoms with Crippen molar-refractivity contribution in [1.29, 1.82) is 0 Å². The molecule has 4 rings (SSSR count). The number of rotatable bonds is 2. The quantitative estimate of drug-likeness (QED) is 0.733. The van der Waals surface area contributed by atoms with Gasteiger partial charge in [-0.05, 0) is 30.3 Å². The molecular weight excluding hydrogens is 313 g/mol. The number of benzene rings is 2. The topological polar surface area (TPSA) is 68.7 Å². The number of phenols is 1. The molecule has 1 aliphatic heterocycles. The Morgan fingerprint density at radius 2 is 1.83 bits per heavy atom. The van der Waals surface area contributed by atoms with Crippen molar-refractivity contribution in [3.05, 3.63) is 59.5 Å². The number of hydrogen-bond acceptors (Lipinski definition) is 5. The number of carbonyl (C=O) groups is 1. The minimum atomic E-state index is -0.593. The van der Waals surface area contributed by atoms with Gasteiger partial charge >= 0.3 is 0 Å². The number of phenolic OH excluding ortho intramolecular Hbond substituents is 1. The highest BCUT2D eigenvalue weighted by atomic mass is 19.1. The molecule has 0 radical (unpaired) electrons. The lowest BCUT2D eigenvalue weighted by atomic mass is 10.0. The number of ketones is 1. The van der Waals surface area contributed by atoms with Gasteiger partial charge in [-0.3, -0.25) is 9.78 Å². The number of ether oxygens (including phenoxy) is 2. The number of nitrogens with zero attached hydrogens (tertiary/aromatic N) is 1. The van der Waals surface area contributed by atoms with E-state index in [1.54, 1.807) is 18.2 Å². The van der Waals surface area contributed by atoms with Crippen LogP contribution < -0.4 is 9.47 Å². The van der Waals surface area contributed by atoms with Crippen LogP contribution >= 0.6 is 0 Å². The Labute approximate surface area is 136 Å². The maximum atomic E-state index is 13.4. The second-order valence-electron chi connectivity index (χ2n) is 5.40. The number of pyridine rings is 1. The zero-order chi connectivity index (χ0) is 16.7. The Hall–Kier alpha value is -3.15. The summed E-state index contributed by atoms with van der Waals surface area (Å²) in [6.45, 7) is 0.940. The lowest BCUT2D eigenvalue weighted by Gasteiger charge is -2.18. The predicted molar refractivity (Wildman–Crippen MR) is 84.2 cm³/mol. The monoisotopic (exact) mass is 325 g/mol. The summed E-state index contributed by atoms with van der Waals surface area (Å²) in [4.78, 5) is 16.8. The van der Waals surface area contributed by atoms with Gasteiger partial charge in [-0.25, -0.2) is 4.39 Å². The first kappa shape index (κ1) is 14.4. The fourth-order valence-electron chi connectivity index (χ4n) is 2.63. The molecule has 0 bridgehead atoms. The minimum absolute atomic E-state index is 0.103. The van der Waals surface area contributed by atoms with Crippen LogP contribution in [0.1, 0.15) is 15.9 Å². The summed E-state index contributed by atoms with van der Waals surface area (Å²) >= 11 is 0. The SMILES string of the molecule is O=C(c1cnc2cc3c(cc2c1)OCCO3)c1cc(F)ccc1O. The first-order valence-corrected chi connectivity index (χ1v) is 7.34. The van der Waals surface area contributed by atoms with Gasteiger partial charge < -0.3 is 14.6 Å². The van der Waals surface area contributed by atoms with Gasteiger partial charge in [0.05, 0.1) is 11.1 Å². The molecule has 0 saturated carbocycles. The highest BCUT2D eigenvalue weighted by molar-refractivity contribution is 6.11. The molecule has 0 spiro atoms. The van der Waals surface area contributed by atoms with Crippen LogP contribution in [0.15, 0.2) is 42.6 Å². The van der Waals surface area contributed by atoms with Crippen molar-refractivity contribution < 1.29 is 23.8 Å². The maximum Gasteiger partial charge on any atom is 0.198 e. The third kappa shape index (κ3) is 2.42. The molecule has 0 fully saturated rings. The van der Waals surface area contributed by atoms with E-state index in [4.69, 9.17) is 9.47 Å². The Morgan fingerprint density at radius 1 is 1.08 bits per heavy atom. The molecular formula is C18H12FNO4. The van der Waals surface area contributed by atoms with Crippen molar-refractivity contribution >= 4 is 16.7 Å². The molecule has 0 atom stereocenters. The zero-order valence-electron chi connectivity index (χ0n) is 12.5. The van der Waals surface area contributed by atoms with Crippen molar-refractivity contribution in [2.24, 2.45) is 0 Å². The molecule has 1 aromatic heterocycles. The van der Waals surface area contributed by atoms with Crippen molar-refractivity contribution in [1.82, 2.24) is 4.98 Å². The van der Waals surface area contributed by atoms with Crippen molar-refractivity contribution in [2.45, 2.75) is 0 Å². The minimum Gasteiger partial charge on any atom is -0.507 e. The maximum absolute atomic E-state index is 13.4. The largest absolute Gasteiger partial charge is 0.507 e. The van der Waals surface area contributed by atoms with Crippen LogP contribution in [0.25, 0.3) is 10.9 Å². The molecule has 24 heavy (non-hydrogen) atoms. The van der Waals surface area contributed by atoms with Gasteiger partial charge in [0.15, 0.2) is 17.3 Å². The highest BCUT2D eigenvalue weighted by Gasteiger charge is 2.17. The van der Waals surface area contributed by atoms with Gasteiger partial charge in [-0.2, -0.15) is 0 Å². The molecule has 2 heterocycles. The number of hydrogen-bond donors (Lipinski definition) is 1. The molecule has 6 heteroatoms. The van der Waals surface area contributed by atoms with E-state index in [1.807, 2.05) is 0 Å². The third-order valence-electron chi connectivity index (χ3n) is 3.81. The summed E-state index contributed by atoms with van der Waals surface area (Å²) in [7, 11) is 0. The van der Waals surface area contributed by atoms with Crippen LogP contribution in [0.5, 0.6) is 17.2 Å². The van der Waals surface area contributed by atoms with Gasteiger partial charge in [0.25, 0.3) is 0 Å². The van der Waals surface area contributed by atoms with E-state index in [0.717, 1.165) is 18.2 Å². The molecule has 5 nitrogen and oxygen atoms in total. The molecule has 2 aromatic carbocycles. The highest BCUT2D eigenvalue weighted by Crippen LogP contribution is 2.34. The summed E-state index contributed by atoms with van der Waals surface area (Å²) in [6, 6.07) is 8.38. The Bertz CT molecular complexity index is 971. The summed E-state index contributed by atoms with van der Waals surface area (Å²) < 4.78 is 24.4. The van der Waals surface area contributed by atoms with Crippen LogP contribution in [0.3, 0.4) is 0 Å². The van der Waals surface area contributed by atoms with E-state index < -0.39 is 11.6 Å². The van der Waals surface area contributed by atoms with E-state index >= 15 is 0 Å². The van der Waals surface area contributed by atoms with E-state index in [-0.39, 0.29) is 16.9 Å². The van der Waals surface area contributed by atoms with Crippen LogP contribution in [0.2, 0.25) is 0 Å². The molecule has 0 aliphatic carbocycles. The second-order valence-corrected chi connectivity index (χ2v) is 5.40.